The molecular weight excluding hydrogens is 176 g/mol. The first-order valence-corrected chi connectivity index (χ1v) is 4.80. The summed E-state index contributed by atoms with van der Waals surface area (Å²) < 4.78 is 2.06. The van der Waals surface area contributed by atoms with Gasteiger partial charge in [0.25, 0.3) is 0 Å². The molecule has 0 saturated carbocycles. The van der Waals surface area contributed by atoms with Crippen molar-refractivity contribution in [1.82, 2.24) is 9.55 Å². The molecule has 0 unspecified atom stereocenters. The van der Waals surface area contributed by atoms with Crippen LogP contribution in [0.5, 0.6) is 0 Å². The summed E-state index contributed by atoms with van der Waals surface area (Å²) in [6.45, 7) is 0.877. The summed E-state index contributed by atoms with van der Waals surface area (Å²) >= 11 is 0. The molecule has 0 N–H and O–H groups in total. The van der Waals surface area contributed by atoms with Crippen LogP contribution in [0.3, 0.4) is 0 Å². The zero-order valence-electron chi connectivity index (χ0n) is 7.73. The second-order valence-electron chi connectivity index (χ2n) is 3.68. The van der Waals surface area contributed by atoms with Gasteiger partial charge in [-0.25, -0.2) is 4.98 Å². The van der Waals surface area contributed by atoms with E-state index in [4.69, 9.17) is 0 Å². The Bertz CT molecular complexity index is 466. The van der Waals surface area contributed by atoms with Crippen LogP contribution in [0, 0.1) is 0 Å². The maximum Gasteiger partial charge on any atom is 0.170 e. The summed E-state index contributed by atoms with van der Waals surface area (Å²) in [5.41, 5.74) is 3.22. The predicted octanol–water partition coefficient (Wildman–Crippen LogP) is 1.81. The number of imidazole rings is 1. The highest BCUT2D eigenvalue weighted by Crippen LogP contribution is 2.34. The molecule has 1 aliphatic carbocycles. The molecule has 0 bridgehead atoms. The van der Waals surface area contributed by atoms with Gasteiger partial charge < -0.3 is 4.57 Å². The van der Waals surface area contributed by atoms with Gasteiger partial charge in [-0.05, 0) is 18.4 Å². The molecule has 0 spiro atoms. The standard InChI is InChI=1S/C11H10N2O/c14-7-9-6-13-5-8-3-1-2-4-10(8)11(13)12-9/h1,3,6-7H,2,4-5H2. The zero-order valence-corrected chi connectivity index (χ0v) is 7.73. The van der Waals surface area contributed by atoms with E-state index in [0.29, 0.717) is 5.69 Å². The largest absolute Gasteiger partial charge is 0.326 e. The maximum atomic E-state index is 10.6. The molecule has 14 heavy (non-hydrogen) atoms. The van der Waals surface area contributed by atoms with Crippen LogP contribution in [0.4, 0.5) is 0 Å². The molecule has 1 aromatic rings. The number of carbonyl (C=O) groups excluding carboxylic acids is 1. The fourth-order valence-electron chi connectivity index (χ4n) is 2.16. The maximum absolute atomic E-state index is 10.6. The van der Waals surface area contributed by atoms with Crippen molar-refractivity contribution in [3.05, 3.63) is 35.4 Å². The first-order valence-electron chi connectivity index (χ1n) is 4.80. The van der Waals surface area contributed by atoms with Gasteiger partial charge in [-0.3, -0.25) is 4.79 Å². The van der Waals surface area contributed by atoms with Crippen molar-refractivity contribution in [3.63, 3.8) is 0 Å². The molecule has 0 atom stereocenters. The van der Waals surface area contributed by atoms with E-state index < -0.39 is 0 Å². The van der Waals surface area contributed by atoms with Crippen LogP contribution in [0.15, 0.2) is 23.9 Å². The molecule has 0 amide bonds. The summed E-state index contributed by atoms with van der Waals surface area (Å²) in [5, 5.41) is 0. The molecule has 2 heterocycles. The third-order valence-electron chi connectivity index (χ3n) is 2.79. The molecule has 0 saturated heterocycles. The van der Waals surface area contributed by atoms with E-state index in [0.717, 1.165) is 31.5 Å². The monoisotopic (exact) mass is 186 g/mol. The van der Waals surface area contributed by atoms with E-state index in [1.807, 2.05) is 6.20 Å². The molecule has 3 heteroatoms. The number of hydrogen-bond acceptors (Lipinski definition) is 2. The first kappa shape index (κ1) is 7.74. The summed E-state index contributed by atoms with van der Waals surface area (Å²) in [7, 11) is 0. The van der Waals surface area contributed by atoms with Crippen LogP contribution in [-0.2, 0) is 6.54 Å². The Kier molecular flexibility index (Phi) is 1.48. The number of hydrogen-bond donors (Lipinski definition) is 0. The van der Waals surface area contributed by atoms with Crippen molar-refractivity contribution < 1.29 is 4.79 Å². The van der Waals surface area contributed by atoms with Crippen molar-refractivity contribution in [2.45, 2.75) is 19.4 Å². The highest BCUT2D eigenvalue weighted by molar-refractivity contribution is 5.76. The molecule has 0 radical (unpaired) electrons. The Hall–Kier alpha value is -1.64. The third-order valence-corrected chi connectivity index (χ3v) is 2.79. The van der Waals surface area contributed by atoms with E-state index >= 15 is 0 Å². The highest BCUT2D eigenvalue weighted by atomic mass is 16.1. The van der Waals surface area contributed by atoms with E-state index in [1.54, 1.807) is 0 Å². The molecular formula is C11H10N2O. The lowest BCUT2D eigenvalue weighted by atomic mass is 9.99. The normalized spacial score (nSPS) is 18.3. The molecule has 3 rings (SSSR count). The minimum absolute atomic E-state index is 0.543. The van der Waals surface area contributed by atoms with Crippen LogP contribution in [0.2, 0.25) is 0 Å². The Balaban J connectivity index is 2.13. The summed E-state index contributed by atoms with van der Waals surface area (Å²) in [5.74, 6) is 0.992. The number of aromatic nitrogens is 2. The van der Waals surface area contributed by atoms with Gasteiger partial charge in [-0.15, -0.1) is 0 Å². The molecule has 70 valence electrons. The second-order valence-corrected chi connectivity index (χ2v) is 3.68. The summed E-state index contributed by atoms with van der Waals surface area (Å²) in [6, 6.07) is 0. The van der Waals surface area contributed by atoms with Crippen LogP contribution < -0.4 is 0 Å². The van der Waals surface area contributed by atoms with Crippen molar-refractivity contribution >= 4 is 11.9 Å². The fourth-order valence-corrected chi connectivity index (χ4v) is 2.16. The van der Waals surface area contributed by atoms with Crippen molar-refractivity contribution in [3.8, 4) is 0 Å². The third kappa shape index (κ3) is 0.923. The van der Waals surface area contributed by atoms with Gasteiger partial charge in [0.2, 0.25) is 0 Å². The number of allylic oxidation sites excluding steroid dienone is 4. The van der Waals surface area contributed by atoms with Crippen LogP contribution in [-0.4, -0.2) is 15.8 Å². The number of nitrogens with zero attached hydrogens (tertiary/aromatic N) is 2. The van der Waals surface area contributed by atoms with Gasteiger partial charge in [0.1, 0.15) is 11.5 Å². The average Bonchev–Trinajstić information content (AvgIpc) is 2.73. The fraction of sp³-hybridized carbons (Fsp3) is 0.273. The topological polar surface area (TPSA) is 34.9 Å². The second kappa shape index (κ2) is 2.67. The van der Waals surface area contributed by atoms with E-state index in [1.165, 1.54) is 11.1 Å². The Morgan fingerprint density at radius 3 is 3.29 bits per heavy atom. The molecule has 3 nitrogen and oxygen atoms in total. The summed E-state index contributed by atoms with van der Waals surface area (Å²) in [4.78, 5) is 14.9. The van der Waals surface area contributed by atoms with E-state index in [9.17, 15) is 4.79 Å². The highest BCUT2D eigenvalue weighted by Gasteiger charge is 2.23. The number of aldehydes is 1. The van der Waals surface area contributed by atoms with E-state index in [2.05, 4.69) is 21.7 Å². The molecule has 0 fully saturated rings. The average molecular weight is 186 g/mol. The number of carbonyl (C=O) groups is 1. The van der Waals surface area contributed by atoms with Crippen LogP contribution in [0.25, 0.3) is 5.57 Å². The lowest BCUT2D eigenvalue weighted by Crippen LogP contribution is -1.92. The predicted molar refractivity (Wildman–Crippen MR) is 52.9 cm³/mol. The minimum Gasteiger partial charge on any atom is -0.326 e. The molecule has 2 aliphatic rings. The quantitative estimate of drug-likeness (QED) is 0.627. The molecule has 1 aliphatic heterocycles. The zero-order chi connectivity index (χ0) is 9.54. The number of rotatable bonds is 1. The van der Waals surface area contributed by atoms with Gasteiger partial charge in [-0.2, -0.15) is 0 Å². The Morgan fingerprint density at radius 1 is 1.50 bits per heavy atom. The number of fused-ring (bicyclic) bond motifs is 2. The lowest BCUT2D eigenvalue weighted by Gasteiger charge is -2.05. The van der Waals surface area contributed by atoms with Crippen molar-refractivity contribution in [1.29, 1.82) is 0 Å². The SMILES string of the molecule is O=Cc1cn2c(n1)C1=C(C=CCC1)C2. The van der Waals surface area contributed by atoms with Crippen LogP contribution >= 0.6 is 0 Å². The minimum atomic E-state index is 0.543. The summed E-state index contributed by atoms with van der Waals surface area (Å²) in [6.07, 6.45) is 9.15. The van der Waals surface area contributed by atoms with Gasteiger partial charge >= 0.3 is 0 Å². The Morgan fingerprint density at radius 2 is 2.43 bits per heavy atom. The van der Waals surface area contributed by atoms with Gasteiger partial charge in [0, 0.05) is 18.3 Å². The van der Waals surface area contributed by atoms with Gasteiger partial charge in [0.05, 0.1) is 0 Å². The first-order chi connectivity index (χ1) is 6.88. The molecule has 0 aromatic carbocycles. The van der Waals surface area contributed by atoms with Gasteiger partial charge in [0.15, 0.2) is 6.29 Å². The Labute approximate surface area is 81.8 Å². The smallest absolute Gasteiger partial charge is 0.170 e. The lowest BCUT2D eigenvalue weighted by molar-refractivity contribution is 0.111. The van der Waals surface area contributed by atoms with Gasteiger partial charge in [-0.1, -0.05) is 12.2 Å². The molecule has 1 aromatic heterocycles. The van der Waals surface area contributed by atoms with Crippen molar-refractivity contribution in [2.75, 3.05) is 0 Å². The van der Waals surface area contributed by atoms with Crippen LogP contribution in [0.1, 0.15) is 29.2 Å². The van der Waals surface area contributed by atoms with E-state index in [-0.39, 0.29) is 0 Å². The van der Waals surface area contributed by atoms with Crippen molar-refractivity contribution in [2.24, 2.45) is 0 Å².